The molecule has 1 N–H and O–H groups in total. The Kier molecular flexibility index (Phi) is 6.78. The summed E-state index contributed by atoms with van der Waals surface area (Å²) in [6, 6.07) is 2.82. The van der Waals surface area contributed by atoms with E-state index in [1.807, 2.05) is 13.8 Å². The van der Waals surface area contributed by atoms with Crippen molar-refractivity contribution in [2.75, 3.05) is 33.4 Å². The first kappa shape index (κ1) is 16.4. The highest BCUT2D eigenvalue weighted by Crippen LogP contribution is 2.20. The first-order valence-electron chi connectivity index (χ1n) is 7.45. The lowest BCUT2D eigenvalue weighted by Crippen LogP contribution is -2.47. The van der Waals surface area contributed by atoms with Gasteiger partial charge in [-0.3, -0.25) is 5.32 Å². The van der Waals surface area contributed by atoms with Crippen LogP contribution in [0, 0.1) is 17.2 Å². The average Bonchev–Trinajstić information content (AvgIpc) is 2.40. The molecule has 4 nitrogen and oxygen atoms in total. The Morgan fingerprint density at radius 1 is 1.47 bits per heavy atom. The number of rotatable bonds is 7. The fourth-order valence-electron chi connectivity index (χ4n) is 2.81. The lowest BCUT2D eigenvalue weighted by atomic mass is 9.93. The molecule has 0 spiro atoms. The predicted molar refractivity (Wildman–Crippen MR) is 77.9 cm³/mol. The minimum Gasteiger partial charge on any atom is -0.381 e. The second-order valence-electron chi connectivity index (χ2n) is 6.02. The molecule has 110 valence electrons. The highest BCUT2D eigenvalue weighted by Gasteiger charge is 2.27. The van der Waals surface area contributed by atoms with Gasteiger partial charge in [-0.2, -0.15) is 5.26 Å². The van der Waals surface area contributed by atoms with Gasteiger partial charge in [0.15, 0.2) is 0 Å². The molecule has 1 aliphatic rings. The lowest BCUT2D eigenvalue weighted by molar-refractivity contribution is 0.0496. The quantitative estimate of drug-likeness (QED) is 0.766. The van der Waals surface area contributed by atoms with E-state index in [1.54, 1.807) is 0 Å². The second kappa shape index (κ2) is 7.84. The number of nitriles is 1. The van der Waals surface area contributed by atoms with Crippen LogP contribution in [0.25, 0.3) is 0 Å². The second-order valence-corrected chi connectivity index (χ2v) is 6.02. The topological polar surface area (TPSA) is 48.3 Å². The molecule has 0 bridgehead atoms. The average molecular weight is 267 g/mol. The van der Waals surface area contributed by atoms with E-state index in [4.69, 9.17) is 4.74 Å². The lowest BCUT2D eigenvalue weighted by Gasteiger charge is -2.34. The smallest absolute Gasteiger partial charge is 0.105 e. The van der Waals surface area contributed by atoms with Crippen LogP contribution in [0.4, 0.5) is 0 Å². The van der Waals surface area contributed by atoms with E-state index in [0.29, 0.717) is 6.04 Å². The fourth-order valence-corrected chi connectivity index (χ4v) is 2.81. The Morgan fingerprint density at radius 3 is 2.63 bits per heavy atom. The largest absolute Gasteiger partial charge is 0.381 e. The Balaban J connectivity index is 2.42. The van der Waals surface area contributed by atoms with Crippen molar-refractivity contribution in [3.05, 3.63) is 0 Å². The number of nitrogens with zero attached hydrogens (tertiary/aromatic N) is 2. The van der Waals surface area contributed by atoms with Gasteiger partial charge in [0, 0.05) is 25.8 Å². The predicted octanol–water partition coefficient (Wildman–Crippen LogP) is 2.02. The molecule has 0 aromatic rings. The monoisotopic (exact) mass is 267 g/mol. The Bertz CT molecular complexity index is 296. The molecule has 0 saturated carbocycles. The van der Waals surface area contributed by atoms with E-state index in [0.717, 1.165) is 38.6 Å². The van der Waals surface area contributed by atoms with Crippen molar-refractivity contribution in [3.8, 4) is 6.07 Å². The molecule has 4 heteroatoms. The molecule has 0 radical (unpaired) electrons. The fraction of sp³-hybridized carbons (Fsp3) is 0.933. The molecular formula is C15H29N3O. The third-order valence-electron chi connectivity index (χ3n) is 4.16. The maximum Gasteiger partial charge on any atom is 0.105 e. The zero-order valence-electron chi connectivity index (χ0n) is 12.9. The van der Waals surface area contributed by atoms with Crippen molar-refractivity contribution < 1.29 is 4.74 Å². The van der Waals surface area contributed by atoms with Crippen LogP contribution in [0.15, 0.2) is 0 Å². The van der Waals surface area contributed by atoms with Crippen molar-refractivity contribution in [1.29, 1.82) is 5.26 Å². The van der Waals surface area contributed by atoms with Gasteiger partial charge in [0.05, 0.1) is 6.07 Å². The van der Waals surface area contributed by atoms with E-state index in [1.165, 1.54) is 12.8 Å². The van der Waals surface area contributed by atoms with E-state index in [2.05, 4.69) is 30.3 Å². The Morgan fingerprint density at radius 2 is 2.11 bits per heavy atom. The zero-order chi connectivity index (χ0) is 14.3. The van der Waals surface area contributed by atoms with Gasteiger partial charge in [0.25, 0.3) is 0 Å². The van der Waals surface area contributed by atoms with Gasteiger partial charge in [0.2, 0.25) is 0 Å². The minimum atomic E-state index is -0.419. The summed E-state index contributed by atoms with van der Waals surface area (Å²) in [4.78, 5) is 2.39. The van der Waals surface area contributed by atoms with Crippen LogP contribution in [0.3, 0.4) is 0 Å². The Labute approximate surface area is 118 Å². The summed E-state index contributed by atoms with van der Waals surface area (Å²) >= 11 is 0. The maximum atomic E-state index is 9.32. The minimum absolute atomic E-state index is 0.409. The van der Waals surface area contributed by atoms with Gasteiger partial charge < -0.3 is 9.64 Å². The summed E-state index contributed by atoms with van der Waals surface area (Å²) < 4.78 is 5.40. The molecule has 0 aromatic heterocycles. The third kappa shape index (κ3) is 5.48. The molecule has 2 unspecified atom stereocenters. The first-order valence-corrected chi connectivity index (χ1v) is 7.45. The molecular weight excluding hydrogens is 238 g/mol. The SMILES string of the molecule is CCNC(C)(C#N)CC(C)N(C)CC1CCOCC1. The number of hydrogen-bond acceptors (Lipinski definition) is 4. The summed E-state index contributed by atoms with van der Waals surface area (Å²) in [5, 5.41) is 12.6. The molecule has 1 fully saturated rings. The van der Waals surface area contributed by atoms with Gasteiger partial charge in [-0.1, -0.05) is 6.92 Å². The van der Waals surface area contributed by atoms with Gasteiger partial charge in [-0.25, -0.2) is 0 Å². The Hall–Kier alpha value is -0.630. The van der Waals surface area contributed by atoms with Gasteiger partial charge in [-0.15, -0.1) is 0 Å². The molecule has 1 heterocycles. The maximum absolute atomic E-state index is 9.32. The summed E-state index contributed by atoms with van der Waals surface area (Å²) in [6.45, 7) is 10.0. The molecule has 1 rings (SSSR count). The number of nitrogens with one attached hydrogen (secondary N) is 1. The molecule has 0 aliphatic carbocycles. The molecule has 19 heavy (non-hydrogen) atoms. The summed E-state index contributed by atoms with van der Waals surface area (Å²) in [6.07, 6.45) is 3.19. The molecule has 2 atom stereocenters. The van der Waals surface area contributed by atoms with Gasteiger partial charge in [0.1, 0.15) is 5.54 Å². The van der Waals surface area contributed by atoms with E-state index >= 15 is 0 Å². The van der Waals surface area contributed by atoms with Crippen LogP contribution in [0.2, 0.25) is 0 Å². The number of hydrogen-bond donors (Lipinski definition) is 1. The highest BCUT2D eigenvalue weighted by molar-refractivity contribution is 5.05. The van der Waals surface area contributed by atoms with E-state index in [-0.39, 0.29) is 0 Å². The standard InChI is InChI=1S/C15H29N3O/c1-5-17-15(3,12-16)10-13(2)18(4)11-14-6-8-19-9-7-14/h13-14,17H,5-11H2,1-4H3. The van der Waals surface area contributed by atoms with Crippen LogP contribution < -0.4 is 5.32 Å². The van der Waals surface area contributed by atoms with E-state index < -0.39 is 5.54 Å². The van der Waals surface area contributed by atoms with Crippen LogP contribution in [0.1, 0.15) is 40.0 Å². The first-order chi connectivity index (χ1) is 9.00. The van der Waals surface area contributed by atoms with Gasteiger partial charge >= 0.3 is 0 Å². The third-order valence-corrected chi connectivity index (χ3v) is 4.16. The summed E-state index contributed by atoms with van der Waals surface area (Å²) in [5.41, 5.74) is -0.419. The summed E-state index contributed by atoms with van der Waals surface area (Å²) in [7, 11) is 2.17. The van der Waals surface area contributed by atoms with Crippen LogP contribution >= 0.6 is 0 Å². The van der Waals surface area contributed by atoms with Crippen molar-refractivity contribution in [2.24, 2.45) is 5.92 Å². The van der Waals surface area contributed by atoms with Gasteiger partial charge in [-0.05, 0) is 52.6 Å². The van der Waals surface area contributed by atoms with Crippen molar-refractivity contribution in [1.82, 2.24) is 10.2 Å². The van der Waals surface area contributed by atoms with Crippen molar-refractivity contribution >= 4 is 0 Å². The normalized spacial score (nSPS) is 21.9. The molecule has 0 amide bonds. The van der Waals surface area contributed by atoms with Crippen LogP contribution in [0.5, 0.6) is 0 Å². The highest BCUT2D eigenvalue weighted by atomic mass is 16.5. The van der Waals surface area contributed by atoms with Crippen molar-refractivity contribution in [2.45, 2.75) is 51.6 Å². The zero-order valence-corrected chi connectivity index (χ0v) is 12.9. The van der Waals surface area contributed by atoms with Crippen molar-refractivity contribution in [3.63, 3.8) is 0 Å². The summed E-state index contributed by atoms with van der Waals surface area (Å²) in [5.74, 6) is 0.744. The molecule has 1 aliphatic heterocycles. The molecule has 1 saturated heterocycles. The number of ether oxygens (including phenoxy) is 1. The van der Waals surface area contributed by atoms with Crippen LogP contribution in [-0.2, 0) is 4.74 Å². The molecule has 0 aromatic carbocycles. The van der Waals surface area contributed by atoms with Crippen LogP contribution in [-0.4, -0.2) is 49.8 Å². The van der Waals surface area contributed by atoms with E-state index in [9.17, 15) is 5.26 Å².